The number of ether oxygens (including phenoxy) is 2. The van der Waals surface area contributed by atoms with Crippen molar-refractivity contribution in [2.24, 2.45) is 0 Å². The molecule has 1 aliphatic carbocycles. The standard InChI is InChI=1S/C22H23FO3/c1-16(17-8-4-2-5-9-17)15-25-21-13-12-19(14-20(21)23)26-22(24)18-10-6-3-7-11-18/h2-11,19-21H,1,12-15H2/t19-,20+,21+/m1/s1. The molecule has 1 saturated carbocycles. The second-order valence-corrected chi connectivity index (χ2v) is 6.54. The Hall–Kier alpha value is -2.46. The van der Waals surface area contributed by atoms with Crippen LogP contribution in [0, 0.1) is 0 Å². The lowest BCUT2D eigenvalue weighted by Crippen LogP contribution is -2.37. The van der Waals surface area contributed by atoms with Gasteiger partial charge in [0, 0.05) is 6.42 Å². The molecule has 0 radical (unpaired) electrons. The number of carbonyl (C=O) groups is 1. The molecule has 4 heteroatoms. The monoisotopic (exact) mass is 354 g/mol. The van der Waals surface area contributed by atoms with Crippen LogP contribution in [-0.4, -0.2) is 31.0 Å². The summed E-state index contributed by atoms with van der Waals surface area (Å²) in [6.07, 6.45) is -0.753. The molecule has 26 heavy (non-hydrogen) atoms. The van der Waals surface area contributed by atoms with Crippen molar-refractivity contribution in [3.05, 3.63) is 78.4 Å². The number of carbonyl (C=O) groups excluding carboxylic acids is 1. The SMILES string of the molecule is C=C(CO[C@H]1CC[C@@H](OC(=O)c2ccccc2)C[C@@H]1F)c1ccccc1. The molecule has 3 nitrogen and oxygen atoms in total. The highest BCUT2D eigenvalue weighted by molar-refractivity contribution is 5.89. The Morgan fingerprint density at radius 3 is 2.23 bits per heavy atom. The zero-order valence-electron chi connectivity index (χ0n) is 14.6. The van der Waals surface area contributed by atoms with E-state index in [1.807, 2.05) is 36.4 Å². The summed E-state index contributed by atoms with van der Waals surface area (Å²) in [4.78, 5) is 12.1. The molecule has 0 aliphatic heterocycles. The number of alkyl halides is 1. The Bertz CT molecular complexity index is 730. The van der Waals surface area contributed by atoms with E-state index in [9.17, 15) is 9.18 Å². The van der Waals surface area contributed by atoms with E-state index in [-0.39, 0.29) is 6.42 Å². The maximum absolute atomic E-state index is 14.5. The predicted octanol–water partition coefficient (Wildman–Crippen LogP) is 4.83. The number of halogens is 1. The zero-order valence-corrected chi connectivity index (χ0v) is 14.6. The van der Waals surface area contributed by atoms with E-state index in [0.29, 0.717) is 25.0 Å². The van der Waals surface area contributed by atoms with Gasteiger partial charge in [0.2, 0.25) is 0 Å². The van der Waals surface area contributed by atoms with Gasteiger partial charge in [-0.05, 0) is 36.1 Å². The van der Waals surface area contributed by atoms with Crippen LogP contribution in [0.15, 0.2) is 67.2 Å². The Kier molecular flexibility index (Phi) is 6.18. The fraction of sp³-hybridized carbons (Fsp3) is 0.318. The second-order valence-electron chi connectivity index (χ2n) is 6.54. The minimum absolute atomic E-state index is 0.168. The van der Waals surface area contributed by atoms with Gasteiger partial charge in [0.1, 0.15) is 12.3 Å². The summed E-state index contributed by atoms with van der Waals surface area (Å²) >= 11 is 0. The normalized spacial score (nSPS) is 22.6. The maximum atomic E-state index is 14.5. The topological polar surface area (TPSA) is 35.5 Å². The molecule has 0 bridgehead atoms. The highest BCUT2D eigenvalue weighted by Gasteiger charge is 2.33. The van der Waals surface area contributed by atoms with Gasteiger partial charge in [-0.15, -0.1) is 0 Å². The Labute approximate surface area is 153 Å². The largest absolute Gasteiger partial charge is 0.459 e. The average Bonchev–Trinajstić information content (AvgIpc) is 2.68. The summed E-state index contributed by atoms with van der Waals surface area (Å²) in [6, 6.07) is 18.5. The van der Waals surface area contributed by atoms with Crippen molar-refractivity contribution in [3.8, 4) is 0 Å². The Morgan fingerprint density at radius 1 is 1.00 bits per heavy atom. The molecular formula is C22H23FO3. The highest BCUT2D eigenvalue weighted by Crippen LogP contribution is 2.28. The molecule has 136 valence electrons. The molecule has 0 heterocycles. The molecule has 3 rings (SSSR count). The van der Waals surface area contributed by atoms with Crippen molar-refractivity contribution in [3.63, 3.8) is 0 Å². The lowest BCUT2D eigenvalue weighted by Gasteiger charge is -2.31. The molecule has 0 aromatic heterocycles. The number of esters is 1. The van der Waals surface area contributed by atoms with Gasteiger partial charge in [-0.1, -0.05) is 55.1 Å². The first-order valence-corrected chi connectivity index (χ1v) is 8.88. The molecule has 3 atom stereocenters. The van der Waals surface area contributed by atoms with Crippen LogP contribution < -0.4 is 0 Å². The van der Waals surface area contributed by atoms with Gasteiger partial charge in [0.25, 0.3) is 0 Å². The molecule has 2 aromatic rings. The molecule has 0 unspecified atom stereocenters. The molecule has 0 saturated heterocycles. The number of hydrogen-bond donors (Lipinski definition) is 0. The fourth-order valence-corrected chi connectivity index (χ4v) is 3.11. The summed E-state index contributed by atoms with van der Waals surface area (Å²) < 4.78 is 25.6. The van der Waals surface area contributed by atoms with Gasteiger partial charge >= 0.3 is 5.97 Å². The number of benzene rings is 2. The molecule has 1 fully saturated rings. The summed E-state index contributed by atoms with van der Waals surface area (Å²) in [5, 5.41) is 0. The quantitative estimate of drug-likeness (QED) is 0.697. The zero-order chi connectivity index (χ0) is 18.4. The van der Waals surface area contributed by atoms with Gasteiger partial charge < -0.3 is 9.47 Å². The highest BCUT2D eigenvalue weighted by atomic mass is 19.1. The van der Waals surface area contributed by atoms with Crippen molar-refractivity contribution >= 4 is 11.5 Å². The molecule has 2 aromatic carbocycles. The average molecular weight is 354 g/mol. The molecule has 1 aliphatic rings. The van der Waals surface area contributed by atoms with Crippen LogP contribution in [-0.2, 0) is 9.47 Å². The van der Waals surface area contributed by atoms with Crippen molar-refractivity contribution in [1.29, 1.82) is 0 Å². The van der Waals surface area contributed by atoms with Gasteiger partial charge in [-0.2, -0.15) is 0 Å². The summed E-state index contributed by atoms with van der Waals surface area (Å²) in [7, 11) is 0. The van der Waals surface area contributed by atoms with Crippen LogP contribution in [0.25, 0.3) is 5.57 Å². The van der Waals surface area contributed by atoms with Crippen molar-refractivity contribution in [2.45, 2.75) is 37.6 Å². The molecule has 0 N–H and O–H groups in total. The van der Waals surface area contributed by atoms with Crippen molar-refractivity contribution < 1.29 is 18.7 Å². The van der Waals surface area contributed by atoms with E-state index in [4.69, 9.17) is 9.47 Å². The van der Waals surface area contributed by atoms with Gasteiger partial charge in [0.15, 0.2) is 0 Å². The van der Waals surface area contributed by atoms with E-state index in [1.54, 1.807) is 24.3 Å². The van der Waals surface area contributed by atoms with E-state index >= 15 is 0 Å². The minimum Gasteiger partial charge on any atom is -0.459 e. The number of rotatable bonds is 6. The van der Waals surface area contributed by atoms with E-state index < -0.39 is 24.3 Å². The van der Waals surface area contributed by atoms with Gasteiger partial charge in [0.05, 0.1) is 18.3 Å². The predicted molar refractivity (Wildman–Crippen MR) is 99.6 cm³/mol. The summed E-state index contributed by atoms with van der Waals surface area (Å²) in [5.74, 6) is -0.403. The smallest absolute Gasteiger partial charge is 0.338 e. The first-order chi connectivity index (χ1) is 12.6. The van der Waals surface area contributed by atoms with Crippen LogP contribution in [0.2, 0.25) is 0 Å². The van der Waals surface area contributed by atoms with Crippen LogP contribution in [0.3, 0.4) is 0 Å². The molecule has 0 spiro atoms. The Morgan fingerprint density at radius 2 is 1.62 bits per heavy atom. The van der Waals surface area contributed by atoms with E-state index in [2.05, 4.69) is 6.58 Å². The van der Waals surface area contributed by atoms with Crippen molar-refractivity contribution in [2.75, 3.05) is 6.61 Å². The van der Waals surface area contributed by atoms with Gasteiger partial charge in [-0.25, -0.2) is 9.18 Å². The van der Waals surface area contributed by atoms with Crippen LogP contribution in [0.4, 0.5) is 4.39 Å². The van der Waals surface area contributed by atoms with Crippen LogP contribution in [0.5, 0.6) is 0 Å². The summed E-state index contributed by atoms with van der Waals surface area (Å²) in [6.45, 7) is 4.30. The van der Waals surface area contributed by atoms with Crippen LogP contribution in [0.1, 0.15) is 35.2 Å². The first kappa shape index (κ1) is 18.3. The minimum atomic E-state index is -1.15. The van der Waals surface area contributed by atoms with Crippen molar-refractivity contribution in [1.82, 2.24) is 0 Å². The van der Waals surface area contributed by atoms with E-state index in [1.165, 1.54) is 0 Å². The maximum Gasteiger partial charge on any atom is 0.338 e. The molecular weight excluding hydrogens is 331 g/mol. The lowest BCUT2D eigenvalue weighted by molar-refractivity contribution is -0.0523. The number of hydrogen-bond acceptors (Lipinski definition) is 3. The lowest BCUT2D eigenvalue weighted by atomic mass is 9.93. The van der Waals surface area contributed by atoms with Crippen LogP contribution >= 0.6 is 0 Å². The second kappa shape index (κ2) is 8.77. The fourth-order valence-electron chi connectivity index (χ4n) is 3.11. The van der Waals surface area contributed by atoms with E-state index in [0.717, 1.165) is 11.1 Å². The Balaban J connectivity index is 1.46. The third-order valence-corrected chi connectivity index (χ3v) is 4.60. The third kappa shape index (κ3) is 4.79. The molecule has 0 amide bonds. The first-order valence-electron chi connectivity index (χ1n) is 8.88. The van der Waals surface area contributed by atoms with Gasteiger partial charge in [-0.3, -0.25) is 0 Å². The third-order valence-electron chi connectivity index (χ3n) is 4.60. The summed E-state index contributed by atoms with van der Waals surface area (Å²) in [5.41, 5.74) is 2.31.